The number of carbonyl (C=O) groups excluding carboxylic acids is 1. The summed E-state index contributed by atoms with van der Waals surface area (Å²) in [4.78, 5) is 15.9. The van der Waals surface area contributed by atoms with Crippen LogP contribution in [0.3, 0.4) is 0 Å². The number of para-hydroxylation sites is 1. The number of hydrogen-bond acceptors (Lipinski definition) is 5. The van der Waals surface area contributed by atoms with Crippen molar-refractivity contribution in [3.05, 3.63) is 54.2 Å². The second-order valence-corrected chi connectivity index (χ2v) is 6.60. The van der Waals surface area contributed by atoms with E-state index in [2.05, 4.69) is 4.98 Å². The summed E-state index contributed by atoms with van der Waals surface area (Å²) in [6.07, 6.45) is 1.69. The highest BCUT2D eigenvalue weighted by Crippen LogP contribution is 2.36. The Balaban J connectivity index is 2.15. The zero-order chi connectivity index (χ0) is 15.7. The quantitative estimate of drug-likeness (QED) is 0.799. The number of carbonyl (C=O) groups is 1. The van der Waals surface area contributed by atoms with Crippen LogP contribution in [0.25, 0.3) is 0 Å². The Kier molecular flexibility index (Phi) is 3.58. The monoisotopic (exact) mass is 318 g/mol. The van der Waals surface area contributed by atoms with Crippen molar-refractivity contribution in [2.45, 2.75) is 17.5 Å². The van der Waals surface area contributed by atoms with Crippen LogP contribution in [-0.2, 0) is 26.0 Å². The van der Waals surface area contributed by atoms with E-state index in [4.69, 9.17) is 4.74 Å². The normalized spacial score (nSPS) is 17.1. The smallest absolute Gasteiger partial charge is 0.330 e. The first-order valence-corrected chi connectivity index (χ1v) is 8.11. The Bertz CT molecular complexity index is 805. The van der Waals surface area contributed by atoms with Gasteiger partial charge in [0.15, 0.2) is 5.03 Å². The van der Waals surface area contributed by atoms with E-state index in [0.29, 0.717) is 5.69 Å². The van der Waals surface area contributed by atoms with Gasteiger partial charge in [-0.05, 0) is 23.8 Å². The number of hydrogen-bond donors (Lipinski definition) is 0. The summed E-state index contributed by atoms with van der Waals surface area (Å²) in [5, 5.41) is -0.0967. The van der Waals surface area contributed by atoms with Crippen molar-refractivity contribution in [2.24, 2.45) is 0 Å². The predicted molar refractivity (Wildman–Crippen MR) is 79.9 cm³/mol. The average Bonchev–Trinajstić information content (AvgIpc) is 2.95. The van der Waals surface area contributed by atoms with Crippen LogP contribution in [0, 0.1) is 0 Å². The largest absolute Gasteiger partial charge is 0.467 e. The van der Waals surface area contributed by atoms with Crippen LogP contribution >= 0.6 is 0 Å². The number of sulfonamides is 1. The van der Waals surface area contributed by atoms with E-state index < -0.39 is 22.0 Å². The zero-order valence-electron chi connectivity index (χ0n) is 11.8. The Morgan fingerprint density at radius 1 is 1.23 bits per heavy atom. The van der Waals surface area contributed by atoms with Crippen LogP contribution in [0.5, 0.6) is 0 Å². The molecule has 1 aliphatic heterocycles. The van der Waals surface area contributed by atoms with Gasteiger partial charge >= 0.3 is 5.97 Å². The van der Waals surface area contributed by atoms with Gasteiger partial charge in [0.25, 0.3) is 10.0 Å². The first-order chi connectivity index (χ1) is 10.6. The van der Waals surface area contributed by atoms with Gasteiger partial charge in [0, 0.05) is 12.6 Å². The van der Waals surface area contributed by atoms with Gasteiger partial charge in [-0.3, -0.25) is 4.31 Å². The number of benzene rings is 1. The Morgan fingerprint density at radius 2 is 1.95 bits per heavy atom. The van der Waals surface area contributed by atoms with Crippen molar-refractivity contribution in [3.63, 3.8) is 0 Å². The van der Waals surface area contributed by atoms with Crippen LogP contribution in [0.4, 0.5) is 5.69 Å². The highest BCUT2D eigenvalue weighted by atomic mass is 32.2. The first-order valence-electron chi connectivity index (χ1n) is 6.67. The fourth-order valence-corrected chi connectivity index (χ4v) is 4.15. The molecule has 6 nitrogen and oxygen atoms in total. The molecule has 0 saturated heterocycles. The molecular formula is C15H14N2O4S. The summed E-state index contributed by atoms with van der Waals surface area (Å²) in [5.74, 6) is -0.587. The lowest BCUT2D eigenvalue weighted by Gasteiger charge is -2.24. The van der Waals surface area contributed by atoms with Crippen molar-refractivity contribution in [1.29, 1.82) is 0 Å². The summed E-state index contributed by atoms with van der Waals surface area (Å²) < 4.78 is 31.6. The SMILES string of the molecule is COC(=O)C1Cc2ccccc2N1S(=O)(=O)c1ccccn1. The standard InChI is InChI=1S/C15H14N2O4S/c1-21-15(18)13-10-11-6-2-3-7-12(11)17(13)22(19,20)14-8-4-5-9-16-14/h2-9,13H,10H2,1H3. The molecule has 1 aromatic carbocycles. The van der Waals surface area contributed by atoms with Crippen LogP contribution in [0.15, 0.2) is 53.7 Å². The third-order valence-corrected chi connectivity index (χ3v) is 5.30. The van der Waals surface area contributed by atoms with E-state index in [1.165, 1.54) is 19.4 Å². The number of anilines is 1. The van der Waals surface area contributed by atoms with Crippen molar-refractivity contribution in [3.8, 4) is 0 Å². The molecule has 3 rings (SSSR count). The third kappa shape index (κ3) is 2.23. The summed E-state index contributed by atoms with van der Waals surface area (Å²) >= 11 is 0. The number of rotatable bonds is 3. The maximum Gasteiger partial charge on any atom is 0.330 e. The van der Waals surface area contributed by atoms with E-state index in [1.807, 2.05) is 6.07 Å². The molecular weight excluding hydrogens is 304 g/mol. The highest BCUT2D eigenvalue weighted by Gasteiger charge is 2.43. The van der Waals surface area contributed by atoms with Crippen molar-refractivity contribution < 1.29 is 17.9 Å². The molecule has 7 heteroatoms. The lowest BCUT2D eigenvalue weighted by Crippen LogP contribution is -2.43. The molecule has 2 aromatic rings. The molecule has 1 aromatic heterocycles. The van der Waals surface area contributed by atoms with Crippen molar-refractivity contribution >= 4 is 21.7 Å². The molecule has 22 heavy (non-hydrogen) atoms. The molecule has 0 fully saturated rings. The van der Waals surface area contributed by atoms with Crippen LogP contribution in [-0.4, -0.2) is 32.5 Å². The molecule has 0 spiro atoms. The highest BCUT2D eigenvalue weighted by molar-refractivity contribution is 7.92. The molecule has 0 aliphatic carbocycles. The van der Waals surface area contributed by atoms with Gasteiger partial charge in [0.1, 0.15) is 6.04 Å². The number of pyridine rings is 1. The molecule has 1 unspecified atom stereocenters. The maximum atomic E-state index is 12.9. The predicted octanol–water partition coefficient (Wildman–Crippen LogP) is 1.37. The topological polar surface area (TPSA) is 76.6 Å². The number of methoxy groups -OCH3 is 1. The van der Waals surface area contributed by atoms with Gasteiger partial charge < -0.3 is 4.74 Å². The van der Waals surface area contributed by atoms with Crippen LogP contribution in [0.1, 0.15) is 5.56 Å². The molecule has 0 amide bonds. The maximum absolute atomic E-state index is 12.9. The number of nitrogens with zero attached hydrogens (tertiary/aromatic N) is 2. The summed E-state index contributed by atoms with van der Waals surface area (Å²) in [7, 11) is -2.69. The fraction of sp³-hybridized carbons (Fsp3) is 0.200. The van der Waals surface area contributed by atoms with Crippen LogP contribution in [0.2, 0.25) is 0 Å². The summed E-state index contributed by atoms with van der Waals surface area (Å²) in [6.45, 7) is 0. The van der Waals surface area contributed by atoms with Gasteiger partial charge in [-0.15, -0.1) is 0 Å². The lowest BCUT2D eigenvalue weighted by atomic mass is 10.1. The number of ether oxygens (including phenoxy) is 1. The first kappa shape index (κ1) is 14.5. The van der Waals surface area contributed by atoms with Gasteiger partial charge in [-0.1, -0.05) is 24.3 Å². The molecule has 2 heterocycles. The van der Waals surface area contributed by atoms with E-state index in [-0.39, 0.29) is 11.4 Å². The van der Waals surface area contributed by atoms with E-state index in [0.717, 1.165) is 9.87 Å². The fourth-order valence-electron chi connectivity index (χ4n) is 2.57. The summed E-state index contributed by atoms with van der Waals surface area (Å²) in [6, 6.07) is 10.8. The summed E-state index contributed by atoms with van der Waals surface area (Å²) in [5.41, 5.74) is 1.28. The molecule has 0 saturated carbocycles. The average molecular weight is 318 g/mol. The number of fused-ring (bicyclic) bond motifs is 1. The third-order valence-electron chi connectivity index (χ3n) is 3.56. The van der Waals surface area contributed by atoms with Crippen LogP contribution < -0.4 is 4.31 Å². The lowest BCUT2D eigenvalue weighted by molar-refractivity contribution is -0.141. The molecule has 1 aliphatic rings. The second kappa shape index (κ2) is 5.42. The van der Waals surface area contributed by atoms with E-state index in [1.54, 1.807) is 30.3 Å². The molecule has 0 N–H and O–H groups in total. The minimum Gasteiger partial charge on any atom is -0.467 e. The molecule has 1 atom stereocenters. The van der Waals surface area contributed by atoms with E-state index >= 15 is 0 Å². The Morgan fingerprint density at radius 3 is 2.64 bits per heavy atom. The van der Waals surface area contributed by atoms with E-state index in [9.17, 15) is 13.2 Å². The second-order valence-electron chi connectivity index (χ2n) is 4.84. The van der Waals surface area contributed by atoms with Crippen molar-refractivity contribution in [2.75, 3.05) is 11.4 Å². The number of aromatic nitrogens is 1. The van der Waals surface area contributed by atoms with Gasteiger partial charge in [-0.25, -0.2) is 9.78 Å². The molecule has 114 valence electrons. The molecule has 0 radical (unpaired) electrons. The van der Waals surface area contributed by atoms with Crippen molar-refractivity contribution in [1.82, 2.24) is 4.98 Å². The molecule has 0 bridgehead atoms. The van der Waals surface area contributed by atoms with Gasteiger partial charge in [-0.2, -0.15) is 8.42 Å². The Labute approximate surface area is 128 Å². The minimum absolute atomic E-state index is 0.0967. The Hall–Kier alpha value is -2.41. The number of esters is 1. The minimum atomic E-state index is -3.93. The zero-order valence-corrected chi connectivity index (χ0v) is 12.7. The van der Waals surface area contributed by atoms with Gasteiger partial charge in [0.05, 0.1) is 12.8 Å². The van der Waals surface area contributed by atoms with Gasteiger partial charge in [0.2, 0.25) is 0 Å².